The second-order valence-corrected chi connectivity index (χ2v) is 7.90. The summed E-state index contributed by atoms with van der Waals surface area (Å²) in [4.78, 5) is 27.4. The van der Waals surface area contributed by atoms with Gasteiger partial charge in [0.2, 0.25) is 0 Å². The number of likely N-dealkylation sites (tertiary alicyclic amines) is 1. The zero-order valence-electron chi connectivity index (χ0n) is 14.9. The number of aryl methyl sites for hydroxylation is 1. The number of hydrogen-bond acceptors (Lipinski definition) is 3. The number of ketones is 1. The number of carbonyl (C=O) groups is 2. The average molecular weight is 329 g/mol. The van der Waals surface area contributed by atoms with Crippen molar-refractivity contribution in [3.05, 3.63) is 35.4 Å². The van der Waals surface area contributed by atoms with Gasteiger partial charge in [-0.25, -0.2) is 4.79 Å². The van der Waals surface area contributed by atoms with Crippen molar-refractivity contribution in [2.75, 3.05) is 6.54 Å². The van der Waals surface area contributed by atoms with Gasteiger partial charge in [0.1, 0.15) is 5.60 Å². The van der Waals surface area contributed by atoms with E-state index in [4.69, 9.17) is 4.74 Å². The summed E-state index contributed by atoms with van der Waals surface area (Å²) in [5.41, 5.74) is 1.48. The molecule has 1 saturated heterocycles. The molecule has 4 nitrogen and oxygen atoms in total. The third kappa shape index (κ3) is 3.47. The van der Waals surface area contributed by atoms with E-state index in [0.717, 1.165) is 43.2 Å². The van der Waals surface area contributed by atoms with E-state index in [9.17, 15) is 9.59 Å². The lowest BCUT2D eigenvalue weighted by molar-refractivity contribution is 0.0177. The second kappa shape index (κ2) is 6.58. The molecule has 0 saturated carbocycles. The Kier molecular flexibility index (Phi) is 4.66. The number of amides is 1. The van der Waals surface area contributed by atoms with Gasteiger partial charge in [-0.05, 0) is 58.4 Å². The van der Waals surface area contributed by atoms with Crippen LogP contribution in [0.3, 0.4) is 0 Å². The zero-order chi connectivity index (χ0) is 17.3. The van der Waals surface area contributed by atoms with Crippen LogP contribution in [0.1, 0.15) is 62.4 Å². The lowest BCUT2D eigenvalue weighted by Crippen LogP contribution is -2.45. The Morgan fingerprint density at radius 1 is 1.17 bits per heavy atom. The van der Waals surface area contributed by atoms with E-state index in [1.165, 1.54) is 0 Å². The van der Waals surface area contributed by atoms with E-state index >= 15 is 0 Å². The standard InChI is InChI=1S/C20H27NO3/c1-20(2,3)24-19(23)21-13-7-12-17(21)16-11-6-9-14-8-4-5-10-15(14)18(16)22/h4-5,8,10,16-17H,6-7,9,11-13H2,1-3H3/t16-,17-/m0/s1. The van der Waals surface area contributed by atoms with Crippen LogP contribution < -0.4 is 0 Å². The molecule has 0 radical (unpaired) electrons. The van der Waals surface area contributed by atoms with Crippen molar-refractivity contribution in [1.82, 2.24) is 4.90 Å². The summed E-state index contributed by atoms with van der Waals surface area (Å²) in [6.07, 6.45) is 4.32. The van der Waals surface area contributed by atoms with Crippen LogP contribution in [0, 0.1) is 5.92 Å². The number of ether oxygens (including phenoxy) is 1. The van der Waals surface area contributed by atoms with Gasteiger partial charge in [-0.3, -0.25) is 4.79 Å². The van der Waals surface area contributed by atoms with Crippen LogP contribution in [0.5, 0.6) is 0 Å². The number of fused-ring (bicyclic) bond motifs is 1. The molecule has 0 spiro atoms. The van der Waals surface area contributed by atoms with E-state index < -0.39 is 5.60 Å². The van der Waals surface area contributed by atoms with Gasteiger partial charge in [0.05, 0.1) is 0 Å². The second-order valence-electron chi connectivity index (χ2n) is 7.90. The smallest absolute Gasteiger partial charge is 0.410 e. The van der Waals surface area contributed by atoms with Crippen molar-refractivity contribution in [1.29, 1.82) is 0 Å². The first kappa shape index (κ1) is 17.0. The third-order valence-corrected chi connectivity index (χ3v) is 4.97. The van der Waals surface area contributed by atoms with Gasteiger partial charge in [-0.15, -0.1) is 0 Å². The molecule has 0 aromatic heterocycles. The van der Waals surface area contributed by atoms with Gasteiger partial charge in [0.25, 0.3) is 0 Å². The highest BCUT2D eigenvalue weighted by Crippen LogP contribution is 2.34. The van der Waals surface area contributed by atoms with E-state index in [2.05, 4.69) is 6.07 Å². The number of nitrogens with zero attached hydrogens (tertiary/aromatic N) is 1. The van der Waals surface area contributed by atoms with Crippen LogP contribution in [-0.4, -0.2) is 35.0 Å². The summed E-state index contributed by atoms with van der Waals surface area (Å²) < 4.78 is 5.55. The molecule has 0 N–H and O–H groups in total. The molecule has 0 bridgehead atoms. The first-order valence-electron chi connectivity index (χ1n) is 8.98. The Morgan fingerprint density at radius 3 is 2.67 bits per heavy atom. The first-order chi connectivity index (χ1) is 11.4. The van der Waals surface area contributed by atoms with Crippen LogP contribution in [0.25, 0.3) is 0 Å². The fourth-order valence-corrected chi connectivity index (χ4v) is 3.95. The van der Waals surface area contributed by atoms with Gasteiger partial charge in [-0.2, -0.15) is 0 Å². The predicted octanol–water partition coefficient (Wildman–Crippen LogP) is 4.22. The van der Waals surface area contributed by atoms with Crippen LogP contribution in [-0.2, 0) is 11.2 Å². The van der Waals surface area contributed by atoms with Crippen molar-refractivity contribution >= 4 is 11.9 Å². The van der Waals surface area contributed by atoms with Crippen molar-refractivity contribution in [3.8, 4) is 0 Å². The number of Topliss-reactive ketones (excluding diaryl/α,β-unsaturated/α-hetero) is 1. The predicted molar refractivity (Wildman–Crippen MR) is 93.2 cm³/mol. The van der Waals surface area contributed by atoms with Crippen LogP contribution >= 0.6 is 0 Å². The van der Waals surface area contributed by atoms with E-state index in [1.807, 2.05) is 39.0 Å². The van der Waals surface area contributed by atoms with Crippen molar-refractivity contribution in [2.45, 2.75) is 64.5 Å². The molecular formula is C20H27NO3. The Morgan fingerprint density at radius 2 is 1.92 bits per heavy atom. The molecule has 2 atom stereocenters. The van der Waals surface area contributed by atoms with Crippen molar-refractivity contribution in [2.24, 2.45) is 5.92 Å². The Balaban J connectivity index is 1.82. The number of rotatable bonds is 1. The molecule has 4 heteroatoms. The SMILES string of the molecule is CC(C)(C)OC(=O)N1CCC[C@H]1[C@@H]1CCCc2ccccc2C1=O. The van der Waals surface area contributed by atoms with Gasteiger partial charge in [-0.1, -0.05) is 24.3 Å². The number of benzene rings is 1. The Labute approximate surface area is 144 Å². The summed E-state index contributed by atoms with van der Waals surface area (Å²) in [5, 5.41) is 0. The molecule has 0 unspecified atom stereocenters. The Hall–Kier alpha value is -1.84. The molecule has 1 aromatic rings. The van der Waals surface area contributed by atoms with Gasteiger partial charge < -0.3 is 9.64 Å². The van der Waals surface area contributed by atoms with E-state index in [-0.39, 0.29) is 23.8 Å². The van der Waals surface area contributed by atoms with Crippen LogP contribution in [0.2, 0.25) is 0 Å². The molecule has 1 amide bonds. The maximum Gasteiger partial charge on any atom is 0.410 e. The highest BCUT2D eigenvalue weighted by atomic mass is 16.6. The summed E-state index contributed by atoms with van der Waals surface area (Å²) in [7, 11) is 0. The molecule has 24 heavy (non-hydrogen) atoms. The number of hydrogen-bond donors (Lipinski definition) is 0. The Bertz CT molecular complexity index is 632. The fourth-order valence-electron chi connectivity index (χ4n) is 3.95. The first-order valence-corrected chi connectivity index (χ1v) is 8.98. The fraction of sp³-hybridized carbons (Fsp3) is 0.600. The maximum atomic E-state index is 13.1. The molecule has 3 rings (SSSR count). The normalized spacial score (nSPS) is 24.5. The van der Waals surface area contributed by atoms with E-state index in [0.29, 0.717) is 6.54 Å². The lowest BCUT2D eigenvalue weighted by Gasteiger charge is -2.32. The summed E-state index contributed by atoms with van der Waals surface area (Å²) in [6, 6.07) is 7.88. The number of carbonyl (C=O) groups excluding carboxylic acids is 2. The van der Waals surface area contributed by atoms with Gasteiger partial charge in [0.15, 0.2) is 5.78 Å². The summed E-state index contributed by atoms with van der Waals surface area (Å²) >= 11 is 0. The summed E-state index contributed by atoms with van der Waals surface area (Å²) in [5.74, 6) is 0.0900. The topological polar surface area (TPSA) is 46.6 Å². The van der Waals surface area contributed by atoms with Gasteiger partial charge >= 0.3 is 6.09 Å². The monoisotopic (exact) mass is 329 g/mol. The maximum absolute atomic E-state index is 13.1. The van der Waals surface area contributed by atoms with Crippen LogP contribution in [0.4, 0.5) is 4.79 Å². The minimum atomic E-state index is -0.510. The van der Waals surface area contributed by atoms with Crippen molar-refractivity contribution in [3.63, 3.8) is 0 Å². The molecule has 1 fully saturated rings. The third-order valence-electron chi connectivity index (χ3n) is 4.97. The molecule has 1 aliphatic heterocycles. The minimum Gasteiger partial charge on any atom is -0.444 e. The highest BCUT2D eigenvalue weighted by Gasteiger charge is 2.41. The molecule has 1 aliphatic carbocycles. The quantitative estimate of drug-likeness (QED) is 0.725. The average Bonchev–Trinajstić information content (AvgIpc) is 2.93. The van der Waals surface area contributed by atoms with E-state index in [1.54, 1.807) is 4.90 Å². The molecule has 1 heterocycles. The molecular weight excluding hydrogens is 302 g/mol. The highest BCUT2D eigenvalue weighted by molar-refractivity contribution is 6.00. The molecule has 2 aliphatic rings. The lowest BCUT2D eigenvalue weighted by atomic mass is 9.87. The molecule has 130 valence electrons. The van der Waals surface area contributed by atoms with Crippen LogP contribution in [0.15, 0.2) is 24.3 Å². The zero-order valence-corrected chi connectivity index (χ0v) is 14.9. The summed E-state index contributed by atoms with van der Waals surface area (Å²) in [6.45, 7) is 6.32. The minimum absolute atomic E-state index is 0.0292. The molecule has 1 aromatic carbocycles. The largest absolute Gasteiger partial charge is 0.444 e. The van der Waals surface area contributed by atoms with Crippen molar-refractivity contribution < 1.29 is 14.3 Å². The van der Waals surface area contributed by atoms with Gasteiger partial charge in [0, 0.05) is 24.1 Å².